The normalized spacial score (nSPS) is 11.6. The lowest BCUT2D eigenvalue weighted by molar-refractivity contribution is 0.104. The van der Waals surface area contributed by atoms with Crippen LogP contribution < -0.4 is 0 Å². The van der Waals surface area contributed by atoms with E-state index in [1.807, 2.05) is 54.6 Å². The van der Waals surface area contributed by atoms with Gasteiger partial charge in [-0.3, -0.25) is 4.79 Å². The lowest BCUT2D eigenvalue weighted by Gasteiger charge is -2.12. The minimum atomic E-state index is -0.00422. The largest absolute Gasteiger partial charge is 0.289 e. The Labute approximate surface area is 212 Å². The summed E-state index contributed by atoms with van der Waals surface area (Å²) >= 11 is 3.43. The zero-order valence-corrected chi connectivity index (χ0v) is 20.5. The highest BCUT2D eigenvalue weighted by Crippen LogP contribution is 2.37. The third kappa shape index (κ3) is 4.07. The van der Waals surface area contributed by atoms with Gasteiger partial charge < -0.3 is 0 Å². The number of carbonyl (C=O) groups excluding carboxylic acids is 1. The van der Waals surface area contributed by atoms with Gasteiger partial charge in [-0.25, -0.2) is 0 Å². The van der Waals surface area contributed by atoms with Crippen LogP contribution in [0.15, 0.2) is 126 Å². The van der Waals surface area contributed by atoms with Gasteiger partial charge in [0.25, 0.3) is 0 Å². The summed E-state index contributed by atoms with van der Waals surface area (Å²) in [4.78, 5) is 12.7. The second-order valence-corrected chi connectivity index (χ2v) is 9.59. The lowest BCUT2D eigenvalue weighted by Crippen LogP contribution is -1.93. The van der Waals surface area contributed by atoms with Crippen molar-refractivity contribution in [3.8, 4) is 11.1 Å². The molecule has 35 heavy (non-hydrogen) atoms. The molecule has 0 radical (unpaired) electrons. The molecule has 0 N–H and O–H groups in total. The second kappa shape index (κ2) is 8.98. The fraction of sp³-hybridized carbons (Fsp3) is 0. The zero-order chi connectivity index (χ0) is 23.8. The predicted octanol–water partition coefficient (Wildman–Crippen LogP) is 9.47. The smallest absolute Gasteiger partial charge is 0.185 e. The minimum Gasteiger partial charge on any atom is -0.289 e. The van der Waals surface area contributed by atoms with Crippen LogP contribution in [0.5, 0.6) is 0 Å². The zero-order valence-electron chi connectivity index (χ0n) is 18.9. The first-order chi connectivity index (χ1) is 17.2. The highest BCUT2D eigenvalue weighted by atomic mass is 79.9. The van der Waals surface area contributed by atoms with E-state index in [4.69, 9.17) is 0 Å². The van der Waals surface area contributed by atoms with E-state index in [1.54, 1.807) is 6.08 Å². The van der Waals surface area contributed by atoms with Gasteiger partial charge in [-0.2, -0.15) is 0 Å². The maximum absolute atomic E-state index is 12.7. The van der Waals surface area contributed by atoms with E-state index in [9.17, 15) is 4.79 Å². The van der Waals surface area contributed by atoms with Crippen LogP contribution in [0, 0.1) is 0 Å². The van der Waals surface area contributed by atoms with Gasteiger partial charge in [0.2, 0.25) is 0 Å². The summed E-state index contributed by atoms with van der Waals surface area (Å²) in [7, 11) is 0. The summed E-state index contributed by atoms with van der Waals surface area (Å²) in [6, 6.07) is 39.7. The molecular formula is C33H21BrO. The van der Waals surface area contributed by atoms with E-state index in [0.29, 0.717) is 5.56 Å². The van der Waals surface area contributed by atoms with Crippen LogP contribution in [0.4, 0.5) is 0 Å². The number of hydrogen-bond acceptors (Lipinski definition) is 1. The average molecular weight is 513 g/mol. The maximum Gasteiger partial charge on any atom is 0.185 e. The highest BCUT2D eigenvalue weighted by Gasteiger charge is 2.10. The van der Waals surface area contributed by atoms with Gasteiger partial charge in [-0.05, 0) is 73.3 Å². The Balaban J connectivity index is 1.36. The van der Waals surface area contributed by atoms with Gasteiger partial charge >= 0.3 is 0 Å². The van der Waals surface area contributed by atoms with Gasteiger partial charge in [0.05, 0.1) is 0 Å². The maximum atomic E-state index is 12.7. The standard InChI is InChI=1S/C33H21BrO/c34-26-17-9-22(10-18-26)11-20-33(35)24-14-12-23(13-15-24)25-16-19-31-29-7-2-1-5-27(29)28-6-3-4-8-30(28)32(31)21-25/h1-21H/b20-11+. The van der Waals surface area contributed by atoms with Crippen LogP contribution in [0.1, 0.15) is 15.9 Å². The van der Waals surface area contributed by atoms with Crippen molar-refractivity contribution < 1.29 is 4.79 Å². The molecule has 0 saturated carbocycles. The van der Waals surface area contributed by atoms with E-state index >= 15 is 0 Å². The summed E-state index contributed by atoms with van der Waals surface area (Å²) in [6.07, 6.45) is 3.48. The predicted molar refractivity (Wildman–Crippen MR) is 152 cm³/mol. The summed E-state index contributed by atoms with van der Waals surface area (Å²) in [5, 5.41) is 7.58. The molecule has 1 nitrogen and oxygen atoms in total. The van der Waals surface area contributed by atoms with Crippen LogP contribution in [-0.4, -0.2) is 5.78 Å². The molecule has 0 heterocycles. The number of rotatable bonds is 4. The number of ketones is 1. The van der Waals surface area contributed by atoms with Crippen LogP contribution >= 0.6 is 15.9 Å². The number of benzene rings is 6. The molecule has 0 aliphatic heterocycles. The molecule has 0 aliphatic rings. The van der Waals surface area contributed by atoms with Crippen molar-refractivity contribution in [2.24, 2.45) is 0 Å². The number of carbonyl (C=O) groups is 1. The van der Waals surface area contributed by atoms with Crippen molar-refractivity contribution in [3.05, 3.63) is 137 Å². The average Bonchev–Trinajstić information content (AvgIpc) is 2.92. The highest BCUT2D eigenvalue weighted by molar-refractivity contribution is 9.10. The second-order valence-electron chi connectivity index (χ2n) is 8.68. The number of fused-ring (bicyclic) bond motifs is 6. The first kappa shape index (κ1) is 21.5. The van der Waals surface area contributed by atoms with Gasteiger partial charge in [0, 0.05) is 10.0 Å². The quantitative estimate of drug-likeness (QED) is 0.130. The van der Waals surface area contributed by atoms with Crippen LogP contribution in [0.3, 0.4) is 0 Å². The number of halogens is 1. The van der Waals surface area contributed by atoms with Crippen LogP contribution in [0.25, 0.3) is 49.5 Å². The molecule has 0 saturated heterocycles. The molecule has 6 rings (SSSR count). The Kier molecular flexibility index (Phi) is 5.52. The molecule has 0 spiro atoms. The van der Waals surface area contributed by atoms with Gasteiger partial charge in [-0.15, -0.1) is 0 Å². The van der Waals surface area contributed by atoms with Crippen LogP contribution in [0.2, 0.25) is 0 Å². The topological polar surface area (TPSA) is 17.1 Å². The molecule has 0 aromatic heterocycles. The Morgan fingerprint density at radius 3 is 1.66 bits per heavy atom. The van der Waals surface area contributed by atoms with E-state index in [0.717, 1.165) is 21.2 Å². The number of allylic oxidation sites excluding steroid dienone is 1. The molecular weight excluding hydrogens is 492 g/mol. The summed E-state index contributed by atoms with van der Waals surface area (Å²) < 4.78 is 1.02. The Morgan fingerprint density at radius 2 is 1.06 bits per heavy atom. The van der Waals surface area contributed by atoms with Crippen molar-refractivity contribution in [2.45, 2.75) is 0 Å². The molecule has 0 fully saturated rings. The molecule has 166 valence electrons. The Hall–Kier alpha value is -4.01. The monoisotopic (exact) mass is 512 g/mol. The summed E-state index contributed by atoms with van der Waals surface area (Å²) in [5.41, 5.74) is 3.91. The van der Waals surface area contributed by atoms with Crippen molar-refractivity contribution in [1.29, 1.82) is 0 Å². The fourth-order valence-electron chi connectivity index (χ4n) is 4.76. The molecule has 6 aromatic rings. The van der Waals surface area contributed by atoms with Crippen molar-refractivity contribution in [2.75, 3.05) is 0 Å². The molecule has 0 bridgehead atoms. The summed E-state index contributed by atoms with van der Waals surface area (Å²) in [5.74, 6) is -0.00422. The Bertz CT molecular complexity index is 1710. The number of hydrogen-bond donors (Lipinski definition) is 0. The molecule has 6 aromatic carbocycles. The van der Waals surface area contributed by atoms with E-state index < -0.39 is 0 Å². The summed E-state index contributed by atoms with van der Waals surface area (Å²) in [6.45, 7) is 0. The third-order valence-corrected chi connectivity index (χ3v) is 7.07. The molecule has 2 heteroatoms. The van der Waals surface area contributed by atoms with Gasteiger partial charge in [0.1, 0.15) is 0 Å². The first-order valence-corrected chi connectivity index (χ1v) is 12.4. The van der Waals surface area contributed by atoms with E-state index in [-0.39, 0.29) is 5.78 Å². The molecule has 0 aliphatic carbocycles. The van der Waals surface area contributed by atoms with Crippen molar-refractivity contribution >= 4 is 60.1 Å². The van der Waals surface area contributed by atoms with Crippen LogP contribution in [-0.2, 0) is 0 Å². The van der Waals surface area contributed by atoms with E-state index in [1.165, 1.54) is 32.3 Å². The van der Waals surface area contributed by atoms with E-state index in [2.05, 4.69) is 82.7 Å². The first-order valence-electron chi connectivity index (χ1n) is 11.6. The SMILES string of the molecule is O=C(/C=C/c1ccc(Br)cc1)c1ccc(-c2ccc3c4ccccc4c4ccccc4c3c2)cc1. The van der Waals surface area contributed by atoms with Gasteiger partial charge in [-0.1, -0.05) is 119 Å². The minimum absolute atomic E-state index is 0.00422. The lowest BCUT2D eigenvalue weighted by atomic mass is 9.92. The van der Waals surface area contributed by atoms with Gasteiger partial charge in [0.15, 0.2) is 5.78 Å². The van der Waals surface area contributed by atoms with Crippen molar-refractivity contribution in [3.63, 3.8) is 0 Å². The molecule has 0 unspecified atom stereocenters. The third-order valence-electron chi connectivity index (χ3n) is 6.54. The molecule has 0 atom stereocenters. The fourth-order valence-corrected chi connectivity index (χ4v) is 5.02. The Morgan fingerprint density at radius 1 is 0.543 bits per heavy atom. The molecule has 0 amide bonds. The van der Waals surface area contributed by atoms with Crippen molar-refractivity contribution in [1.82, 2.24) is 0 Å².